The molecule has 5 rings (SSSR count). The first kappa shape index (κ1) is 33.8. The van der Waals surface area contributed by atoms with E-state index in [9.17, 15) is 30.6 Å². The largest absolute Gasteiger partial charge is 0.374 e. The van der Waals surface area contributed by atoms with Crippen LogP contribution in [0.1, 0.15) is 91.9 Å². The molecule has 0 unspecified atom stereocenters. The number of rotatable bonds is 5. The fourth-order valence-corrected chi connectivity index (χ4v) is 8.04. The molecular weight excluding hydrogens is 588 g/mol. The Hall–Kier alpha value is -4.54. The fraction of sp³-hybridized carbons (Fsp3) is 0.622. The lowest BCUT2D eigenvalue weighted by Crippen LogP contribution is -2.47. The van der Waals surface area contributed by atoms with Crippen LogP contribution in [0.4, 0.5) is 0 Å². The van der Waals surface area contributed by atoms with Crippen LogP contribution in [0.2, 0.25) is 0 Å². The monoisotopic (exact) mass is 634 g/mol. The maximum Gasteiger partial charge on any atom is 0.264 e. The SMILES string of the molecule is CC1(C)CC(N2CCCC2)=C(C#N)/C(=C(\C#N)C(=O)NC2CCN(C(=O)/C(C#N)=C3\CC(C)(C)CC(N4CCCC4)=C3C#N)CC2)C1. The predicted octanol–water partition coefficient (Wildman–Crippen LogP) is 5.12. The van der Waals surface area contributed by atoms with Gasteiger partial charge in [-0.25, -0.2) is 0 Å². The maximum atomic E-state index is 13.8. The summed E-state index contributed by atoms with van der Waals surface area (Å²) in [5.41, 5.74) is 3.53. The highest BCUT2D eigenvalue weighted by molar-refractivity contribution is 6.00. The van der Waals surface area contributed by atoms with E-state index < -0.39 is 5.91 Å². The zero-order valence-electron chi connectivity index (χ0n) is 28.3. The Kier molecular flexibility index (Phi) is 9.84. The van der Waals surface area contributed by atoms with E-state index in [2.05, 4.69) is 67.1 Å². The molecule has 0 bridgehead atoms. The van der Waals surface area contributed by atoms with Gasteiger partial charge in [0, 0.05) is 56.7 Å². The van der Waals surface area contributed by atoms with Crippen LogP contribution in [0.5, 0.6) is 0 Å². The number of nitrogens with one attached hydrogen (secondary N) is 1. The third kappa shape index (κ3) is 7.08. The van der Waals surface area contributed by atoms with Gasteiger partial charge in [-0.05, 0) is 86.2 Å². The van der Waals surface area contributed by atoms with E-state index in [0.29, 0.717) is 61.1 Å². The van der Waals surface area contributed by atoms with E-state index in [4.69, 9.17) is 0 Å². The zero-order valence-corrected chi connectivity index (χ0v) is 28.3. The topological polar surface area (TPSA) is 151 Å². The molecule has 2 aliphatic carbocycles. The number of piperidine rings is 1. The molecule has 3 heterocycles. The van der Waals surface area contributed by atoms with Crippen molar-refractivity contribution < 1.29 is 9.59 Å². The molecule has 246 valence electrons. The molecule has 0 atom stereocenters. The van der Waals surface area contributed by atoms with E-state index in [1.165, 1.54) is 0 Å². The maximum absolute atomic E-state index is 13.8. The van der Waals surface area contributed by atoms with Gasteiger partial charge in [0.25, 0.3) is 11.8 Å². The smallest absolute Gasteiger partial charge is 0.264 e. The van der Waals surface area contributed by atoms with Crippen LogP contribution < -0.4 is 5.32 Å². The summed E-state index contributed by atoms with van der Waals surface area (Å²) in [5, 5.41) is 43.8. The first-order chi connectivity index (χ1) is 22.4. The first-order valence-electron chi connectivity index (χ1n) is 17.1. The molecule has 5 aliphatic rings. The van der Waals surface area contributed by atoms with Gasteiger partial charge in [-0.2, -0.15) is 21.0 Å². The van der Waals surface area contributed by atoms with Crippen molar-refractivity contribution >= 4 is 11.8 Å². The number of nitriles is 4. The lowest BCUT2D eigenvalue weighted by atomic mass is 9.72. The standard InChI is InChI=1S/C37H46N8O2/c1-36(2)17-26(28(21-38)32(19-36)43-11-5-6-12-43)30(23-40)34(46)42-25-9-15-45(16-10-25)35(47)31(24-41)27-18-37(3,4)20-33(29(27)22-39)44-13-7-8-14-44/h25H,5-20H2,1-4H3,(H,42,46)/b30-26+,31-27+. The Morgan fingerprint density at radius 3 is 1.49 bits per heavy atom. The van der Waals surface area contributed by atoms with Gasteiger partial charge in [0.1, 0.15) is 35.4 Å². The van der Waals surface area contributed by atoms with Gasteiger partial charge in [0.05, 0.1) is 11.1 Å². The van der Waals surface area contributed by atoms with Gasteiger partial charge in [-0.1, -0.05) is 27.7 Å². The second kappa shape index (κ2) is 13.7. The molecular formula is C37H46N8O2. The minimum atomic E-state index is -0.485. The number of allylic oxidation sites excluding steroid dienone is 6. The fourth-order valence-electron chi connectivity index (χ4n) is 8.04. The molecule has 3 aliphatic heterocycles. The Labute approximate surface area is 279 Å². The average Bonchev–Trinajstić information content (AvgIpc) is 3.76. The van der Waals surface area contributed by atoms with Crippen LogP contribution in [-0.4, -0.2) is 71.8 Å². The second-order valence-corrected chi connectivity index (χ2v) is 15.3. The highest BCUT2D eigenvalue weighted by atomic mass is 16.2. The molecule has 0 radical (unpaired) electrons. The van der Waals surface area contributed by atoms with Crippen molar-refractivity contribution in [2.24, 2.45) is 10.8 Å². The van der Waals surface area contributed by atoms with Crippen molar-refractivity contribution in [3.8, 4) is 24.3 Å². The molecule has 47 heavy (non-hydrogen) atoms. The lowest BCUT2D eigenvalue weighted by molar-refractivity contribution is -0.128. The van der Waals surface area contributed by atoms with E-state index in [1.807, 2.05) is 0 Å². The number of amides is 2. The quantitative estimate of drug-likeness (QED) is 0.323. The van der Waals surface area contributed by atoms with Crippen molar-refractivity contribution in [3.05, 3.63) is 44.8 Å². The summed E-state index contributed by atoms with van der Waals surface area (Å²) in [6.07, 6.45) is 7.62. The van der Waals surface area contributed by atoms with Crippen LogP contribution in [-0.2, 0) is 9.59 Å². The molecule has 0 aromatic rings. The Morgan fingerprint density at radius 1 is 0.660 bits per heavy atom. The Bertz CT molecular complexity index is 1610. The van der Waals surface area contributed by atoms with E-state index in [-0.39, 0.29) is 33.9 Å². The highest BCUT2D eigenvalue weighted by Gasteiger charge is 2.39. The van der Waals surface area contributed by atoms with Crippen molar-refractivity contribution in [3.63, 3.8) is 0 Å². The molecule has 2 amide bonds. The number of nitrogens with zero attached hydrogens (tertiary/aromatic N) is 7. The number of carbonyl (C=O) groups is 2. The van der Waals surface area contributed by atoms with Crippen LogP contribution in [0.3, 0.4) is 0 Å². The molecule has 1 N–H and O–H groups in total. The highest BCUT2D eigenvalue weighted by Crippen LogP contribution is 2.46. The van der Waals surface area contributed by atoms with Gasteiger partial charge in [0.2, 0.25) is 0 Å². The van der Waals surface area contributed by atoms with Gasteiger partial charge < -0.3 is 20.0 Å². The summed E-state index contributed by atoms with van der Waals surface area (Å²) >= 11 is 0. The third-order valence-electron chi connectivity index (χ3n) is 10.4. The van der Waals surface area contributed by atoms with Crippen molar-refractivity contribution in [2.45, 2.75) is 97.9 Å². The summed E-state index contributed by atoms with van der Waals surface area (Å²) in [6, 6.07) is 8.71. The first-order valence-corrected chi connectivity index (χ1v) is 17.1. The Balaban J connectivity index is 1.33. The van der Waals surface area contributed by atoms with E-state index in [0.717, 1.165) is 76.1 Å². The predicted molar refractivity (Wildman–Crippen MR) is 176 cm³/mol. The number of hydrogen-bond donors (Lipinski definition) is 1. The van der Waals surface area contributed by atoms with Crippen molar-refractivity contribution in [2.75, 3.05) is 39.3 Å². The second-order valence-electron chi connectivity index (χ2n) is 15.3. The Morgan fingerprint density at radius 2 is 1.09 bits per heavy atom. The number of hydrogen-bond acceptors (Lipinski definition) is 8. The normalized spacial score (nSPS) is 25.1. The van der Waals surface area contributed by atoms with Crippen LogP contribution in [0.15, 0.2) is 44.8 Å². The minimum absolute atomic E-state index is 0.00873. The summed E-state index contributed by atoms with van der Waals surface area (Å²) in [5.74, 6) is -0.859. The number of carbonyl (C=O) groups excluding carboxylic acids is 2. The molecule has 0 spiro atoms. The lowest BCUT2D eigenvalue weighted by Gasteiger charge is -2.38. The molecule has 10 nitrogen and oxygen atoms in total. The van der Waals surface area contributed by atoms with Crippen LogP contribution in [0, 0.1) is 56.2 Å². The minimum Gasteiger partial charge on any atom is -0.374 e. The van der Waals surface area contributed by atoms with Gasteiger partial charge >= 0.3 is 0 Å². The summed E-state index contributed by atoms with van der Waals surface area (Å²) in [7, 11) is 0. The molecule has 0 aromatic heterocycles. The molecule has 3 fully saturated rings. The van der Waals surface area contributed by atoms with Gasteiger partial charge in [0.15, 0.2) is 0 Å². The summed E-state index contributed by atoms with van der Waals surface area (Å²) in [6.45, 7) is 12.7. The van der Waals surface area contributed by atoms with E-state index in [1.54, 1.807) is 4.90 Å². The van der Waals surface area contributed by atoms with Crippen LogP contribution in [0.25, 0.3) is 0 Å². The van der Waals surface area contributed by atoms with E-state index >= 15 is 0 Å². The number of likely N-dealkylation sites (tertiary alicyclic amines) is 3. The van der Waals surface area contributed by atoms with Crippen molar-refractivity contribution in [1.29, 1.82) is 21.0 Å². The average molecular weight is 635 g/mol. The van der Waals surface area contributed by atoms with Crippen molar-refractivity contribution in [1.82, 2.24) is 20.0 Å². The van der Waals surface area contributed by atoms with Gasteiger partial charge in [-0.15, -0.1) is 0 Å². The summed E-state index contributed by atoms with van der Waals surface area (Å²) < 4.78 is 0. The third-order valence-corrected chi connectivity index (χ3v) is 10.4. The molecule has 10 heteroatoms. The summed E-state index contributed by atoms with van der Waals surface area (Å²) in [4.78, 5) is 33.5. The zero-order chi connectivity index (χ0) is 33.9. The van der Waals surface area contributed by atoms with Crippen LogP contribution >= 0.6 is 0 Å². The van der Waals surface area contributed by atoms with Gasteiger partial charge in [-0.3, -0.25) is 9.59 Å². The molecule has 0 saturated carbocycles. The molecule has 0 aromatic carbocycles. The molecule has 3 saturated heterocycles.